The third-order valence-electron chi connectivity index (χ3n) is 5.65. The van der Waals surface area contributed by atoms with E-state index >= 15 is 0 Å². The number of methoxy groups -OCH3 is 1. The van der Waals surface area contributed by atoms with Crippen molar-refractivity contribution in [1.29, 1.82) is 5.26 Å². The lowest BCUT2D eigenvalue weighted by Gasteiger charge is -2.11. The van der Waals surface area contributed by atoms with Gasteiger partial charge in [0.1, 0.15) is 34.7 Å². The highest BCUT2D eigenvalue weighted by Crippen LogP contribution is 2.34. The van der Waals surface area contributed by atoms with Crippen molar-refractivity contribution in [2.75, 3.05) is 19.5 Å². The monoisotopic (exact) mass is 462 g/mol. The fraction of sp³-hybridized carbons (Fsp3) is 0.208. The topological polar surface area (TPSA) is 142 Å². The van der Waals surface area contributed by atoms with Gasteiger partial charge in [0.15, 0.2) is 0 Å². The minimum absolute atomic E-state index is 0.0968. The largest absolute Gasteiger partial charge is 0.496 e. The molecule has 34 heavy (non-hydrogen) atoms. The van der Waals surface area contributed by atoms with Gasteiger partial charge in [0.25, 0.3) is 5.91 Å². The number of nitrogens with zero attached hydrogens (tertiary/aromatic N) is 3. The van der Waals surface area contributed by atoms with Crippen LogP contribution in [0.3, 0.4) is 0 Å². The second-order valence-corrected chi connectivity index (χ2v) is 7.76. The number of carbonyl (C=O) groups is 1. The average Bonchev–Trinajstić information content (AvgIpc) is 3.46. The molecule has 174 valence electrons. The van der Waals surface area contributed by atoms with Crippen LogP contribution in [0.25, 0.3) is 22.2 Å². The quantitative estimate of drug-likeness (QED) is 0.332. The summed E-state index contributed by atoms with van der Waals surface area (Å²) in [4.78, 5) is 15.8. The summed E-state index contributed by atoms with van der Waals surface area (Å²) in [6.07, 6.45) is 1.75. The fourth-order valence-corrected chi connectivity index (χ4v) is 3.86. The molecule has 5 N–H and O–H groups in total. The van der Waals surface area contributed by atoms with Crippen LogP contribution in [0, 0.1) is 17.1 Å². The number of amides is 1. The molecule has 10 heteroatoms. The number of nitrogens with two attached hydrogens (primary N) is 1. The van der Waals surface area contributed by atoms with Gasteiger partial charge in [-0.1, -0.05) is 12.1 Å². The first-order chi connectivity index (χ1) is 16.4. The number of aliphatic hydroxyl groups is 1. The lowest BCUT2D eigenvalue weighted by Crippen LogP contribution is -2.23. The molecule has 0 radical (unpaired) electrons. The Bertz CT molecular complexity index is 1420. The van der Waals surface area contributed by atoms with Crippen molar-refractivity contribution in [3.05, 3.63) is 65.1 Å². The summed E-state index contributed by atoms with van der Waals surface area (Å²) < 4.78 is 20.2. The van der Waals surface area contributed by atoms with Crippen molar-refractivity contribution in [3.8, 4) is 23.1 Å². The number of nitrogen functional groups attached to an aromatic ring is 1. The van der Waals surface area contributed by atoms with Gasteiger partial charge in [0.05, 0.1) is 30.8 Å². The van der Waals surface area contributed by atoms with E-state index in [1.807, 2.05) is 12.1 Å². The van der Waals surface area contributed by atoms with Crippen LogP contribution < -0.4 is 15.8 Å². The van der Waals surface area contributed by atoms with E-state index in [0.717, 1.165) is 22.5 Å². The molecule has 4 rings (SSSR count). The molecule has 0 fully saturated rings. The highest BCUT2D eigenvalue weighted by Gasteiger charge is 2.22. The lowest BCUT2D eigenvalue weighted by molar-refractivity contribution is 0.0947. The van der Waals surface area contributed by atoms with Crippen LogP contribution >= 0.6 is 0 Å². The van der Waals surface area contributed by atoms with E-state index in [1.165, 1.54) is 23.9 Å². The zero-order chi connectivity index (χ0) is 24.4. The summed E-state index contributed by atoms with van der Waals surface area (Å²) in [5.41, 5.74) is 9.06. The molecule has 2 aromatic carbocycles. The summed E-state index contributed by atoms with van der Waals surface area (Å²) in [6.45, 7) is 1.74. The van der Waals surface area contributed by atoms with Crippen LogP contribution in [0.1, 0.15) is 34.5 Å². The molecule has 0 bridgehead atoms. The molecular formula is C24H23FN6O3. The molecule has 0 aliphatic heterocycles. The SMILES string of the molecule is COc1ccc(F)cc1C(=O)NCc1ccc(-c2nn([C@@H](C)CO)c(N)c2C#N)c2cc[nH]c12. The zero-order valence-electron chi connectivity index (χ0n) is 18.6. The normalized spacial score (nSPS) is 11.9. The molecule has 0 aliphatic rings. The number of aromatic nitrogens is 3. The van der Waals surface area contributed by atoms with Gasteiger partial charge in [-0.25, -0.2) is 9.07 Å². The van der Waals surface area contributed by atoms with Crippen LogP contribution in [0.5, 0.6) is 5.75 Å². The Morgan fingerprint density at radius 3 is 2.88 bits per heavy atom. The number of anilines is 1. The van der Waals surface area contributed by atoms with Gasteiger partial charge in [-0.15, -0.1) is 0 Å². The van der Waals surface area contributed by atoms with Crippen molar-refractivity contribution < 1.29 is 19.0 Å². The van der Waals surface area contributed by atoms with Crippen LogP contribution in [0.15, 0.2) is 42.6 Å². The number of aromatic amines is 1. The first kappa shape index (κ1) is 22.8. The minimum atomic E-state index is -0.537. The Kier molecular flexibility index (Phi) is 6.21. The molecule has 2 heterocycles. The van der Waals surface area contributed by atoms with Gasteiger partial charge in [0.2, 0.25) is 0 Å². The van der Waals surface area contributed by atoms with Gasteiger partial charge in [-0.05, 0) is 36.8 Å². The van der Waals surface area contributed by atoms with E-state index in [2.05, 4.69) is 21.5 Å². The number of carbonyl (C=O) groups excluding carboxylic acids is 1. The van der Waals surface area contributed by atoms with E-state index in [-0.39, 0.29) is 35.8 Å². The van der Waals surface area contributed by atoms with Gasteiger partial charge >= 0.3 is 0 Å². The second kappa shape index (κ2) is 9.25. The minimum Gasteiger partial charge on any atom is -0.496 e. The Morgan fingerprint density at radius 1 is 1.38 bits per heavy atom. The zero-order valence-corrected chi connectivity index (χ0v) is 18.6. The van der Waals surface area contributed by atoms with E-state index in [9.17, 15) is 19.6 Å². The number of nitriles is 1. The van der Waals surface area contributed by atoms with Crippen molar-refractivity contribution in [1.82, 2.24) is 20.1 Å². The van der Waals surface area contributed by atoms with E-state index in [0.29, 0.717) is 11.3 Å². The van der Waals surface area contributed by atoms with Gasteiger partial charge in [0, 0.05) is 23.7 Å². The third-order valence-corrected chi connectivity index (χ3v) is 5.65. The van der Waals surface area contributed by atoms with Crippen molar-refractivity contribution in [2.24, 2.45) is 0 Å². The fourth-order valence-electron chi connectivity index (χ4n) is 3.86. The van der Waals surface area contributed by atoms with E-state index in [4.69, 9.17) is 10.5 Å². The molecule has 1 amide bonds. The number of hydrogen-bond acceptors (Lipinski definition) is 6. The second-order valence-electron chi connectivity index (χ2n) is 7.76. The number of benzene rings is 2. The number of H-pyrrole nitrogens is 1. The molecule has 0 unspecified atom stereocenters. The Labute approximate surface area is 194 Å². The van der Waals surface area contributed by atoms with Crippen LogP contribution in [0.4, 0.5) is 10.2 Å². The number of hydrogen-bond donors (Lipinski definition) is 4. The van der Waals surface area contributed by atoms with Crippen molar-refractivity contribution in [2.45, 2.75) is 19.5 Å². The molecule has 0 aliphatic carbocycles. The molecule has 4 aromatic rings. The first-order valence-electron chi connectivity index (χ1n) is 10.5. The van der Waals surface area contributed by atoms with E-state index < -0.39 is 17.8 Å². The number of aliphatic hydroxyl groups excluding tert-OH is 1. The van der Waals surface area contributed by atoms with Crippen LogP contribution in [0.2, 0.25) is 0 Å². The number of halogens is 1. The first-order valence-corrected chi connectivity index (χ1v) is 10.5. The molecular weight excluding hydrogens is 439 g/mol. The highest BCUT2D eigenvalue weighted by atomic mass is 19.1. The van der Waals surface area contributed by atoms with Crippen molar-refractivity contribution >= 4 is 22.6 Å². The maximum absolute atomic E-state index is 13.6. The van der Waals surface area contributed by atoms with Gasteiger partial charge in [-0.2, -0.15) is 10.4 Å². The standard InChI is InChI=1S/C24H23FN6O3/c1-13(12-32)31-23(27)19(10-26)22(30-31)16-5-3-14(21-17(16)7-8-28-21)11-29-24(33)18-9-15(25)4-6-20(18)34-2/h3-9,13,28,32H,11-12,27H2,1-2H3,(H,29,33)/t13-/m0/s1. The highest BCUT2D eigenvalue weighted by molar-refractivity contribution is 5.99. The van der Waals surface area contributed by atoms with Crippen LogP contribution in [-0.2, 0) is 6.54 Å². The number of fused-ring (bicyclic) bond motifs is 1. The predicted molar refractivity (Wildman–Crippen MR) is 125 cm³/mol. The maximum Gasteiger partial charge on any atom is 0.255 e. The van der Waals surface area contributed by atoms with Crippen molar-refractivity contribution in [3.63, 3.8) is 0 Å². The Balaban J connectivity index is 1.68. The number of rotatable bonds is 7. The molecule has 0 saturated heterocycles. The molecule has 0 saturated carbocycles. The lowest BCUT2D eigenvalue weighted by atomic mass is 10.0. The summed E-state index contributed by atoms with van der Waals surface area (Å²) >= 11 is 0. The average molecular weight is 462 g/mol. The van der Waals surface area contributed by atoms with E-state index in [1.54, 1.807) is 19.2 Å². The molecule has 1 atom stereocenters. The summed E-state index contributed by atoms with van der Waals surface area (Å²) in [6, 6.07) is 10.9. The summed E-state index contributed by atoms with van der Waals surface area (Å²) in [7, 11) is 1.41. The summed E-state index contributed by atoms with van der Waals surface area (Å²) in [5.74, 6) is -0.558. The molecule has 9 nitrogen and oxygen atoms in total. The predicted octanol–water partition coefficient (Wildman–Crippen LogP) is 3.12. The molecule has 2 aromatic heterocycles. The summed E-state index contributed by atoms with van der Waals surface area (Å²) in [5, 5.41) is 27.3. The Morgan fingerprint density at radius 2 is 2.18 bits per heavy atom. The van der Waals surface area contributed by atoms with Crippen LogP contribution in [-0.4, -0.2) is 39.5 Å². The van der Waals surface area contributed by atoms with Gasteiger partial charge in [-0.3, -0.25) is 4.79 Å². The maximum atomic E-state index is 13.6. The smallest absolute Gasteiger partial charge is 0.255 e. The van der Waals surface area contributed by atoms with Gasteiger partial charge < -0.3 is 25.9 Å². The number of ether oxygens (including phenoxy) is 1. The Hall–Kier alpha value is -4.36. The molecule has 0 spiro atoms. The number of nitrogens with one attached hydrogen (secondary N) is 2. The third kappa shape index (κ3) is 3.93.